The van der Waals surface area contributed by atoms with E-state index >= 15 is 0 Å². The fourth-order valence-corrected chi connectivity index (χ4v) is 2.11. The quantitative estimate of drug-likeness (QED) is 0.886. The summed E-state index contributed by atoms with van der Waals surface area (Å²) in [4.78, 5) is 4.04. The normalized spacial score (nSPS) is 11.5. The number of rotatable bonds is 5. The molecule has 0 aliphatic heterocycles. The van der Waals surface area contributed by atoms with Crippen LogP contribution >= 0.6 is 0 Å². The molecule has 2 N–H and O–H groups in total. The van der Waals surface area contributed by atoms with Gasteiger partial charge in [-0.05, 0) is 30.0 Å². The van der Waals surface area contributed by atoms with Gasteiger partial charge in [-0.3, -0.25) is 9.67 Å². The fraction of sp³-hybridized carbons (Fsp3) is 0.500. The molecular formula is C16H25N5. The molecule has 21 heavy (non-hydrogen) atoms. The molecule has 0 aromatic carbocycles. The van der Waals surface area contributed by atoms with Crippen molar-refractivity contribution in [3.63, 3.8) is 0 Å². The van der Waals surface area contributed by atoms with Gasteiger partial charge in [0.1, 0.15) is 11.5 Å². The first-order chi connectivity index (χ1) is 9.87. The fourth-order valence-electron chi connectivity index (χ4n) is 2.11. The van der Waals surface area contributed by atoms with Crippen LogP contribution < -0.4 is 10.6 Å². The Morgan fingerprint density at radius 1 is 1.14 bits per heavy atom. The molecule has 0 bridgehead atoms. The summed E-state index contributed by atoms with van der Waals surface area (Å²) in [5.74, 6) is 1.04. The third-order valence-corrected chi connectivity index (χ3v) is 3.23. The largest absolute Gasteiger partial charge is 0.376 e. The predicted octanol–water partition coefficient (Wildman–Crippen LogP) is 3.19. The van der Waals surface area contributed by atoms with Gasteiger partial charge in [-0.15, -0.1) is 0 Å². The van der Waals surface area contributed by atoms with Crippen molar-refractivity contribution >= 4 is 11.5 Å². The van der Waals surface area contributed by atoms with E-state index in [1.807, 2.05) is 43.2 Å². The average molecular weight is 287 g/mol. The van der Waals surface area contributed by atoms with Crippen molar-refractivity contribution in [1.82, 2.24) is 14.8 Å². The zero-order chi connectivity index (χ0) is 15.5. The molecular weight excluding hydrogens is 262 g/mol. The summed E-state index contributed by atoms with van der Waals surface area (Å²) in [5.41, 5.74) is 3.50. The number of nitrogens with zero attached hydrogens (tertiary/aromatic N) is 3. The maximum Gasteiger partial charge on any atom is 0.148 e. The van der Waals surface area contributed by atoms with E-state index in [0.717, 1.165) is 30.3 Å². The molecule has 0 aliphatic carbocycles. The summed E-state index contributed by atoms with van der Waals surface area (Å²) in [7, 11) is 1.97. The van der Waals surface area contributed by atoms with E-state index in [1.165, 1.54) is 5.56 Å². The van der Waals surface area contributed by atoms with Gasteiger partial charge >= 0.3 is 0 Å². The second-order valence-electron chi connectivity index (χ2n) is 6.56. The number of aromatic nitrogens is 3. The summed E-state index contributed by atoms with van der Waals surface area (Å²) in [6.07, 6.45) is 3.62. The number of pyridine rings is 1. The standard InChI is InChI=1S/C16H25N5/c1-12-14(18-10-13-6-8-17-9-7-13)15(21(5)20-12)19-11-16(2,3)4/h6-9,18-19H,10-11H2,1-5H3. The minimum Gasteiger partial charge on any atom is -0.376 e. The number of hydrogen-bond donors (Lipinski definition) is 2. The van der Waals surface area contributed by atoms with E-state index in [2.05, 4.69) is 41.5 Å². The average Bonchev–Trinajstić information content (AvgIpc) is 2.68. The first-order valence-corrected chi connectivity index (χ1v) is 7.27. The Labute approximate surface area is 126 Å². The Hall–Kier alpha value is -2.04. The number of anilines is 2. The molecule has 2 aromatic rings. The van der Waals surface area contributed by atoms with Gasteiger partial charge in [0.15, 0.2) is 0 Å². The van der Waals surface area contributed by atoms with Crippen LogP contribution in [0.15, 0.2) is 24.5 Å². The second-order valence-corrected chi connectivity index (χ2v) is 6.56. The van der Waals surface area contributed by atoms with Crippen LogP contribution in [-0.4, -0.2) is 21.3 Å². The van der Waals surface area contributed by atoms with Gasteiger partial charge < -0.3 is 10.6 Å². The third kappa shape index (κ3) is 4.21. The molecule has 0 saturated heterocycles. The summed E-state index contributed by atoms with van der Waals surface area (Å²) in [6, 6.07) is 4.03. The van der Waals surface area contributed by atoms with Gasteiger partial charge in [0.25, 0.3) is 0 Å². The van der Waals surface area contributed by atoms with Crippen molar-refractivity contribution in [2.24, 2.45) is 12.5 Å². The molecule has 114 valence electrons. The highest BCUT2D eigenvalue weighted by molar-refractivity contribution is 5.68. The maximum atomic E-state index is 4.50. The Morgan fingerprint density at radius 2 is 1.81 bits per heavy atom. The maximum absolute atomic E-state index is 4.50. The minimum atomic E-state index is 0.223. The summed E-state index contributed by atoms with van der Waals surface area (Å²) in [6.45, 7) is 10.3. The monoisotopic (exact) mass is 287 g/mol. The van der Waals surface area contributed by atoms with E-state index in [-0.39, 0.29) is 5.41 Å². The van der Waals surface area contributed by atoms with Crippen LogP contribution in [0.4, 0.5) is 11.5 Å². The van der Waals surface area contributed by atoms with Crippen LogP contribution in [0.25, 0.3) is 0 Å². The minimum absolute atomic E-state index is 0.223. The Kier molecular flexibility index (Phi) is 4.50. The first kappa shape index (κ1) is 15.4. The van der Waals surface area contributed by atoms with Crippen LogP contribution in [-0.2, 0) is 13.6 Å². The van der Waals surface area contributed by atoms with Gasteiger partial charge in [0.05, 0.1) is 5.69 Å². The topological polar surface area (TPSA) is 54.8 Å². The van der Waals surface area contributed by atoms with E-state index in [4.69, 9.17) is 0 Å². The highest BCUT2D eigenvalue weighted by atomic mass is 15.3. The van der Waals surface area contributed by atoms with Crippen LogP contribution in [0.3, 0.4) is 0 Å². The highest BCUT2D eigenvalue weighted by Crippen LogP contribution is 2.27. The van der Waals surface area contributed by atoms with Crippen LogP contribution in [0.5, 0.6) is 0 Å². The van der Waals surface area contributed by atoms with Crippen molar-refractivity contribution in [3.05, 3.63) is 35.8 Å². The van der Waals surface area contributed by atoms with E-state index in [1.54, 1.807) is 0 Å². The van der Waals surface area contributed by atoms with Crippen LogP contribution in [0.2, 0.25) is 0 Å². The van der Waals surface area contributed by atoms with Gasteiger partial charge in [0, 0.05) is 32.5 Å². The van der Waals surface area contributed by atoms with E-state index in [0.29, 0.717) is 0 Å². The molecule has 5 nitrogen and oxygen atoms in total. The summed E-state index contributed by atoms with van der Waals surface area (Å²) >= 11 is 0. The molecule has 0 spiro atoms. The molecule has 0 saturated carbocycles. The van der Waals surface area contributed by atoms with Gasteiger partial charge in [-0.2, -0.15) is 5.10 Å². The van der Waals surface area contributed by atoms with Crippen molar-refractivity contribution < 1.29 is 0 Å². The smallest absolute Gasteiger partial charge is 0.148 e. The van der Waals surface area contributed by atoms with Crippen LogP contribution in [0, 0.1) is 12.3 Å². The lowest BCUT2D eigenvalue weighted by Gasteiger charge is -2.20. The Bertz CT molecular complexity index is 581. The molecule has 0 amide bonds. The van der Waals surface area contributed by atoms with E-state index in [9.17, 15) is 0 Å². The molecule has 0 fully saturated rings. The number of hydrogen-bond acceptors (Lipinski definition) is 4. The van der Waals surface area contributed by atoms with Crippen molar-refractivity contribution in [3.8, 4) is 0 Å². The Morgan fingerprint density at radius 3 is 2.43 bits per heavy atom. The zero-order valence-electron chi connectivity index (χ0n) is 13.6. The van der Waals surface area contributed by atoms with Crippen molar-refractivity contribution in [1.29, 1.82) is 0 Å². The van der Waals surface area contributed by atoms with Crippen molar-refractivity contribution in [2.45, 2.75) is 34.2 Å². The molecule has 5 heteroatoms. The molecule has 2 aromatic heterocycles. The van der Waals surface area contributed by atoms with Crippen LogP contribution in [0.1, 0.15) is 32.0 Å². The molecule has 0 atom stereocenters. The van der Waals surface area contributed by atoms with Gasteiger partial charge in [-0.25, -0.2) is 0 Å². The highest BCUT2D eigenvalue weighted by Gasteiger charge is 2.16. The molecule has 2 rings (SSSR count). The predicted molar refractivity (Wildman–Crippen MR) is 87.5 cm³/mol. The number of aryl methyl sites for hydroxylation is 2. The lowest BCUT2D eigenvalue weighted by atomic mass is 9.97. The van der Waals surface area contributed by atoms with Gasteiger partial charge in [0.2, 0.25) is 0 Å². The molecule has 0 aliphatic rings. The molecule has 0 unspecified atom stereocenters. The van der Waals surface area contributed by atoms with Crippen molar-refractivity contribution in [2.75, 3.05) is 17.2 Å². The third-order valence-electron chi connectivity index (χ3n) is 3.23. The lowest BCUT2D eigenvalue weighted by Crippen LogP contribution is -2.21. The molecule has 0 radical (unpaired) electrons. The summed E-state index contributed by atoms with van der Waals surface area (Å²) < 4.78 is 1.90. The zero-order valence-corrected chi connectivity index (χ0v) is 13.6. The second kappa shape index (κ2) is 6.16. The first-order valence-electron chi connectivity index (χ1n) is 7.27. The van der Waals surface area contributed by atoms with Gasteiger partial charge in [-0.1, -0.05) is 20.8 Å². The lowest BCUT2D eigenvalue weighted by molar-refractivity contribution is 0.441. The summed E-state index contributed by atoms with van der Waals surface area (Å²) in [5, 5.41) is 11.5. The SMILES string of the molecule is Cc1nn(C)c(NCC(C)(C)C)c1NCc1ccncc1. The number of nitrogens with one attached hydrogen (secondary N) is 2. The van der Waals surface area contributed by atoms with E-state index < -0.39 is 0 Å². The molecule has 2 heterocycles. The Balaban J connectivity index is 2.11.